The molecule has 0 fully saturated rings. The van der Waals surface area contributed by atoms with Crippen molar-refractivity contribution in [2.24, 2.45) is 0 Å². The lowest BCUT2D eigenvalue weighted by Crippen LogP contribution is -2.29. The van der Waals surface area contributed by atoms with Gasteiger partial charge in [-0.05, 0) is 55.3 Å². The Morgan fingerprint density at radius 2 is 1.81 bits per heavy atom. The van der Waals surface area contributed by atoms with E-state index in [9.17, 15) is 17.6 Å². The van der Waals surface area contributed by atoms with Crippen LogP contribution in [0.25, 0.3) is 0 Å². The van der Waals surface area contributed by atoms with Gasteiger partial charge >= 0.3 is 0 Å². The van der Waals surface area contributed by atoms with Crippen LogP contribution < -0.4 is 10.0 Å². The summed E-state index contributed by atoms with van der Waals surface area (Å²) in [5, 5.41) is 3.78. The average molecular weight is 433 g/mol. The number of nitrogens with one attached hydrogen (secondary N) is 2. The number of halogens is 3. The molecule has 0 bridgehead atoms. The zero-order valence-corrected chi connectivity index (χ0v) is 16.8. The molecule has 0 aliphatic rings. The predicted molar refractivity (Wildman–Crippen MR) is 104 cm³/mol. The molecule has 0 heterocycles. The third-order valence-electron chi connectivity index (χ3n) is 3.80. The molecular weight excluding hydrogens is 414 g/mol. The summed E-state index contributed by atoms with van der Waals surface area (Å²) in [6.45, 7) is 1.88. The summed E-state index contributed by atoms with van der Waals surface area (Å²) in [6, 6.07) is 9.24. The number of benzene rings is 2. The molecule has 2 aromatic rings. The van der Waals surface area contributed by atoms with Crippen molar-refractivity contribution in [2.75, 3.05) is 6.54 Å². The molecule has 1 atom stereocenters. The molecule has 2 aromatic carbocycles. The normalized spacial score (nSPS) is 12.6. The molecule has 1 amide bonds. The Hall–Kier alpha value is -1.67. The zero-order chi connectivity index (χ0) is 20.0. The molecule has 0 saturated heterocycles. The van der Waals surface area contributed by atoms with Crippen molar-refractivity contribution in [3.05, 3.63) is 63.9 Å². The maximum Gasteiger partial charge on any atom is 0.240 e. The van der Waals surface area contributed by atoms with Crippen molar-refractivity contribution in [3.8, 4) is 0 Å². The van der Waals surface area contributed by atoms with Crippen molar-refractivity contribution in [1.82, 2.24) is 10.0 Å². The lowest BCUT2D eigenvalue weighted by molar-refractivity contribution is -0.121. The fourth-order valence-electron chi connectivity index (χ4n) is 2.40. The summed E-state index contributed by atoms with van der Waals surface area (Å²) in [5.41, 5.74) is 0.742. The topological polar surface area (TPSA) is 75.3 Å². The van der Waals surface area contributed by atoms with Crippen molar-refractivity contribution >= 4 is 39.1 Å². The third kappa shape index (κ3) is 6.46. The van der Waals surface area contributed by atoms with Crippen LogP contribution in [-0.2, 0) is 14.8 Å². The second kappa shape index (κ2) is 9.50. The van der Waals surface area contributed by atoms with E-state index in [1.165, 1.54) is 12.1 Å². The highest BCUT2D eigenvalue weighted by atomic mass is 35.5. The van der Waals surface area contributed by atoms with Crippen LogP contribution in [0, 0.1) is 5.82 Å². The van der Waals surface area contributed by atoms with E-state index in [0.29, 0.717) is 16.5 Å². The lowest BCUT2D eigenvalue weighted by Gasteiger charge is -2.16. The Bertz CT molecular complexity index is 905. The average Bonchev–Trinajstić information content (AvgIpc) is 2.59. The number of rotatable bonds is 8. The summed E-state index contributed by atoms with van der Waals surface area (Å²) in [4.78, 5) is 12.0. The van der Waals surface area contributed by atoms with Crippen LogP contribution in [0.2, 0.25) is 10.0 Å². The SMILES string of the molecule is CC(NC(=O)CCCNS(=O)(=O)c1ccc(F)cc1)c1ccc(Cl)cc1Cl. The van der Waals surface area contributed by atoms with E-state index in [-0.39, 0.29) is 29.8 Å². The molecule has 0 saturated carbocycles. The Balaban J connectivity index is 1.79. The Morgan fingerprint density at radius 1 is 1.15 bits per heavy atom. The van der Waals surface area contributed by atoms with Gasteiger partial charge in [0, 0.05) is 23.0 Å². The highest BCUT2D eigenvalue weighted by Gasteiger charge is 2.15. The van der Waals surface area contributed by atoms with E-state index in [1.807, 2.05) is 0 Å². The maximum absolute atomic E-state index is 12.9. The van der Waals surface area contributed by atoms with Crippen molar-refractivity contribution < 1.29 is 17.6 Å². The molecule has 27 heavy (non-hydrogen) atoms. The van der Waals surface area contributed by atoms with E-state index in [0.717, 1.165) is 17.7 Å². The summed E-state index contributed by atoms with van der Waals surface area (Å²) in [7, 11) is -3.73. The fraction of sp³-hybridized carbons (Fsp3) is 0.278. The summed E-state index contributed by atoms with van der Waals surface area (Å²) in [5.74, 6) is -0.741. The molecule has 9 heteroatoms. The van der Waals surface area contributed by atoms with Gasteiger partial charge in [-0.3, -0.25) is 4.79 Å². The number of hydrogen-bond acceptors (Lipinski definition) is 3. The van der Waals surface area contributed by atoms with Gasteiger partial charge in [0.1, 0.15) is 5.82 Å². The monoisotopic (exact) mass is 432 g/mol. The van der Waals surface area contributed by atoms with Gasteiger partial charge in [-0.2, -0.15) is 0 Å². The van der Waals surface area contributed by atoms with Crippen LogP contribution in [0.3, 0.4) is 0 Å². The highest BCUT2D eigenvalue weighted by molar-refractivity contribution is 7.89. The molecule has 0 spiro atoms. The van der Waals surface area contributed by atoms with Crippen LogP contribution in [0.15, 0.2) is 47.4 Å². The van der Waals surface area contributed by atoms with Crippen LogP contribution in [0.4, 0.5) is 4.39 Å². The minimum atomic E-state index is -3.73. The molecule has 146 valence electrons. The predicted octanol–water partition coefficient (Wildman–Crippen LogP) is 4.07. The van der Waals surface area contributed by atoms with Gasteiger partial charge in [-0.1, -0.05) is 29.3 Å². The molecule has 0 aliphatic carbocycles. The van der Waals surface area contributed by atoms with E-state index in [2.05, 4.69) is 10.0 Å². The van der Waals surface area contributed by atoms with Crippen LogP contribution in [-0.4, -0.2) is 20.9 Å². The van der Waals surface area contributed by atoms with E-state index in [4.69, 9.17) is 23.2 Å². The summed E-state index contributed by atoms with van der Waals surface area (Å²) >= 11 is 12.0. The van der Waals surface area contributed by atoms with Crippen LogP contribution in [0.1, 0.15) is 31.4 Å². The summed E-state index contributed by atoms with van der Waals surface area (Å²) < 4.78 is 39.4. The van der Waals surface area contributed by atoms with Gasteiger partial charge < -0.3 is 5.32 Å². The van der Waals surface area contributed by atoms with Crippen molar-refractivity contribution in [3.63, 3.8) is 0 Å². The third-order valence-corrected chi connectivity index (χ3v) is 5.84. The molecule has 5 nitrogen and oxygen atoms in total. The first-order valence-corrected chi connectivity index (χ1v) is 10.4. The van der Waals surface area contributed by atoms with Crippen LogP contribution >= 0.6 is 23.2 Å². The number of amides is 1. The molecule has 0 aliphatic heterocycles. The molecule has 2 N–H and O–H groups in total. The van der Waals surface area contributed by atoms with Crippen LogP contribution in [0.5, 0.6) is 0 Å². The lowest BCUT2D eigenvalue weighted by atomic mass is 10.1. The van der Waals surface area contributed by atoms with Gasteiger partial charge in [0.15, 0.2) is 0 Å². The quantitative estimate of drug-likeness (QED) is 0.617. The second-order valence-electron chi connectivity index (χ2n) is 5.91. The van der Waals surface area contributed by atoms with Gasteiger partial charge in [0.2, 0.25) is 15.9 Å². The van der Waals surface area contributed by atoms with E-state index in [1.54, 1.807) is 25.1 Å². The van der Waals surface area contributed by atoms with Gasteiger partial charge in [-0.15, -0.1) is 0 Å². The van der Waals surface area contributed by atoms with E-state index < -0.39 is 15.8 Å². The van der Waals surface area contributed by atoms with Gasteiger partial charge in [0.25, 0.3) is 0 Å². The maximum atomic E-state index is 12.9. The minimum Gasteiger partial charge on any atom is -0.350 e. The van der Waals surface area contributed by atoms with Gasteiger partial charge in [-0.25, -0.2) is 17.5 Å². The Labute approximate surface area is 167 Å². The second-order valence-corrected chi connectivity index (χ2v) is 8.52. The number of carbonyl (C=O) groups excluding carboxylic acids is 1. The molecular formula is C18H19Cl2FN2O3S. The number of sulfonamides is 1. The zero-order valence-electron chi connectivity index (χ0n) is 14.5. The number of carbonyl (C=O) groups is 1. The van der Waals surface area contributed by atoms with Crippen molar-refractivity contribution in [2.45, 2.75) is 30.7 Å². The molecule has 2 rings (SSSR count). The largest absolute Gasteiger partial charge is 0.350 e. The smallest absolute Gasteiger partial charge is 0.240 e. The summed E-state index contributed by atoms with van der Waals surface area (Å²) in [6.07, 6.45) is 0.453. The molecule has 0 radical (unpaired) electrons. The van der Waals surface area contributed by atoms with Gasteiger partial charge in [0.05, 0.1) is 10.9 Å². The Kier molecular flexibility index (Phi) is 7.61. The highest BCUT2D eigenvalue weighted by Crippen LogP contribution is 2.26. The van der Waals surface area contributed by atoms with E-state index >= 15 is 0 Å². The van der Waals surface area contributed by atoms with Crippen molar-refractivity contribution in [1.29, 1.82) is 0 Å². The first-order valence-electron chi connectivity index (χ1n) is 8.18. The standard InChI is InChI=1S/C18H19Cl2FN2O3S/c1-12(16-9-4-13(19)11-17(16)20)23-18(24)3-2-10-22-27(25,26)15-7-5-14(21)6-8-15/h4-9,11-12,22H,2-3,10H2,1H3,(H,23,24). The first-order chi connectivity index (χ1) is 12.7. The number of hydrogen-bond donors (Lipinski definition) is 2. The minimum absolute atomic E-state index is 0.0284. The first kappa shape index (κ1) is 21.6. The molecule has 0 aromatic heterocycles. The molecule has 1 unspecified atom stereocenters. The Morgan fingerprint density at radius 3 is 2.44 bits per heavy atom. The fourth-order valence-corrected chi connectivity index (χ4v) is 4.04.